The lowest BCUT2D eigenvalue weighted by Gasteiger charge is -2.30. The highest BCUT2D eigenvalue weighted by Gasteiger charge is 2.73. The highest BCUT2D eigenvalue weighted by atomic mass is 79.9. The highest BCUT2D eigenvalue weighted by Crippen LogP contribution is 2.73. The predicted molar refractivity (Wildman–Crippen MR) is 88.5 cm³/mol. The first-order valence-electron chi connectivity index (χ1n) is 7.93. The summed E-state index contributed by atoms with van der Waals surface area (Å²) >= 11 is 3.38. The molecule has 0 unspecified atom stereocenters. The first-order chi connectivity index (χ1) is 11.0. The van der Waals surface area contributed by atoms with Crippen LogP contribution < -0.4 is 5.32 Å². The van der Waals surface area contributed by atoms with Gasteiger partial charge < -0.3 is 10.4 Å². The summed E-state index contributed by atoms with van der Waals surface area (Å²) in [5, 5.41) is 12.7. The third-order valence-electron chi connectivity index (χ3n) is 5.95. The van der Waals surface area contributed by atoms with Crippen LogP contribution in [0.2, 0.25) is 0 Å². The monoisotopic (exact) mass is 375 g/mol. The van der Waals surface area contributed by atoms with Gasteiger partial charge in [0.1, 0.15) is 0 Å². The van der Waals surface area contributed by atoms with Gasteiger partial charge in [-0.15, -0.1) is 0 Å². The maximum absolute atomic E-state index is 12.8. The molecule has 4 nitrogen and oxygen atoms in total. The molecular weight excluding hydrogens is 358 g/mol. The Bertz CT molecular complexity index is 707. The van der Waals surface area contributed by atoms with Gasteiger partial charge in [-0.3, -0.25) is 9.59 Å². The number of hydrogen-bond donors (Lipinski definition) is 2. The number of rotatable bonds is 4. The average Bonchev–Trinajstić information content (AvgIpc) is 3.20. The smallest absolute Gasteiger partial charge is 0.319 e. The first-order valence-corrected chi connectivity index (χ1v) is 8.73. The minimum Gasteiger partial charge on any atom is -0.480 e. The number of nitrogens with one attached hydrogen (secondary N) is 1. The van der Waals surface area contributed by atoms with Crippen molar-refractivity contribution in [1.29, 1.82) is 0 Å². The molecule has 3 atom stereocenters. The zero-order valence-corrected chi connectivity index (χ0v) is 14.2. The third kappa shape index (κ3) is 2.02. The summed E-state index contributed by atoms with van der Waals surface area (Å²) in [4.78, 5) is 24.8. The lowest BCUT2D eigenvalue weighted by Crippen LogP contribution is -2.49. The van der Waals surface area contributed by atoms with E-state index in [2.05, 4.69) is 27.3 Å². The van der Waals surface area contributed by atoms with Crippen LogP contribution in [0.25, 0.3) is 0 Å². The van der Waals surface area contributed by atoms with E-state index in [0.29, 0.717) is 13.0 Å². The molecule has 2 saturated carbocycles. The normalized spacial score (nSPS) is 32.2. The van der Waals surface area contributed by atoms with E-state index >= 15 is 0 Å². The molecule has 0 heterocycles. The molecule has 120 valence electrons. The van der Waals surface area contributed by atoms with Crippen molar-refractivity contribution >= 4 is 27.8 Å². The summed E-state index contributed by atoms with van der Waals surface area (Å²) in [6.07, 6.45) is 6.64. The number of hydrogen-bond acceptors (Lipinski definition) is 2. The molecule has 1 spiro atoms. The number of amides is 1. The van der Waals surface area contributed by atoms with Gasteiger partial charge in [0.05, 0.1) is 0 Å². The fourth-order valence-electron chi connectivity index (χ4n) is 4.58. The minimum absolute atomic E-state index is 0.0628. The lowest BCUT2D eigenvalue weighted by atomic mass is 9.73. The van der Waals surface area contributed by atoms with E-state index in [4.69, 9.17) is 0 Å². The van der Waals surface area contributed by atoms with Gasteiger partial charge in [0.15, 0.2) is 5.41 Å². The molecule has 2 N–H and O–H groups in total. The number of halogens is 1. The van der Waals surface area contributed by atoms with E-state index in [0.717, 1.165) is 22.9 Å². The number of benzene rings is 1. The number of allylic oxidation sites excluding steroid dienone is 2. The molecule has 4 rings (SSSR count). The van der Waals surface area contributed by atoms with Crippen LogP contribution in [0.5, 0.6) is 0 Å². The molecular formula is C18H18BrNO3. The van der Waals surface area contributed by atoms with Crippen molar-refractivity contribution < 1.29 is 14.7 Å². The van der Waals surface area contributed by atoms with E-state index in [1.807, 2.05) is 30.3 Å². The van der Waals surface area contributed by atoms with Gasteiger partial charge in [0, 0.05) is 16.9 Å². The summed E-state index contributed by atoms with van der Waals surface area (Å²) in [6, 6.07) is 7.66. The molecule has 23 heavy (non-hydrogen) atoms. The number of carboxylic acids is 1. The molecule has 1 amide bonds. The summed E-state index contributed by atoms with van der Waals surface area (Å²) < 4.78 is 0.975. The largest absolute Gasteiger partial charge is 0.480 e. The maximum atomic E-state index is 12.8. The summed E-state index contributed by atoms with van der Waals surface area (Å²) in [7, 11) is 0. The standard InChI is InChI=1S/C18H18BrNO3/c19-13-4-1-11(2-5-13)10-20-15(21)18(16(22)23)9-12-3-6-14(18)17(12)7-8-17/h1-6,12,14H,7-10H2,(H,20,21)(H,22,23)/t12-,14-,18+/m0/s1. The second kappa shape index (κ2) is 4.94. The fraction of sp³-hybridized carbons (Fsp3) is 0.444. The van der Waals surface area contributed by atoms with Gasteiger partial charge in [-0.1, -0.05) is 40.2 Å². The van der Waals surface area contributed by atoms with Gasteiger partial charge in [0.2, 0.25) is 5.91 Å². The molecule has 3 aliphatic rings. The van der Waals surface area contributed by atoms with Crippen LogP contribution in [0.1, 0.15) is 24.8 Å². The van der Waals surface area contributed by atoms with Gasteiger partial charge in [-0.05, 0) is 48.3 Å². The third-order valence-corrected chi connectivity index (χ3v) is 6.48. The van der Waals surface area contributed by atoms with Crippen LogP contribution in [0, 0.1) is 22.7 Å². The van der Waals surface area contributed by atoms with Crippen molar-refractivity contribution in [2.45, 2.75) is 25.8 Å². The van der Waals surface area contributed by atoms with Crippen LogP contribution in [0.3, 0.4) is 0 Å². The Balaban J connectivity index is 1.55. The molecule has 0 saturated heterocycles. The molecule has 1 aromatic carbocycles. The Hall–Kier alpha value is -1.62. The van der Waals surface area contributed by atoms with Gasteiger partial charge in [0.25, 0.3) is 0 Å². The van der Waals surface area contributed by atoms with Crippen molar-refractivity contribution in [1.82, 2.24) is 5.32 Å². The van der Waals surface area contributed by atoms with Crippen molar-refractivity contribution in [3.63, 3.8) is 0 Å². The lowest BCUT2D eigenvalue weighted by molar-refractivity contribution is -0.158. The van der Waals surface area contributed by atoms with Crippen molar-refractivity contribution in [3.05, 3.63) is 46.5 Å². The molecule has 2 bridgehead atoms. The van der Waals surface area contributed by atoms with Crippen LogP contribution in [-0.2, 0) is 16.1 Å². The SMILES string of the molecule is O=C(O)[C@]1(C(=O)NCc2ccc(Br)cc2)C[C@@H]2C=C[C@H]1C21CC1. The van der Waals surface area contributed by atoms with E-state index < -0.39 is 11.4 Å². The second-order valence-corrected chi connectivity index (χ2v) is 7.91. The number of aliphatic carboxylic acids is 1. The Morgan fingerprint density at radius 3 is 2.48 bits per heavy atom. The van der Waals surface area contributed by atoms with E-state index in [9.17, 15) is 14.7 Å². The molecule has 2 fully saturated rings. The van der Waals surface area contributed by atoms with E-state index in [1.165, 1.54) is 0 Å². The van der Waals surface area contributed by atoms with Crippen LogP contribution in [0.4, 0.5) is 0 Å². The summed E-state index contributed by atoms with van der Waals surface area (Å²) in [5.74, 6) is -1.21. The number of carbonyl (C=O) groups is 2. The fourth-order valence-corrected chi connectivity index (χ4v) is 4.84. The van der Waals surface area contributed by atoms with Crippen LogP contribution in [-0.4, -0.2) is 17.0 Å². The molecule has 1 aromatic rings. The van der Waals surface area contributed by atoms with E-state index in [1.54, 1.807) is 0 Å². The van der Waals surface area contributed by atoms with Crippen molar-refractivity contribution in [3.8, 4) is 0 Å². The quantitative estimate of drug-likeness (QED) is 0.627. The molecule has 0 aliphatic heterocycles. The Kier molecular flexibility index (Phi) is 3.21. The maximum Gasteiger partial charge on any atom is 0.319 e. The Morgan fingerprint density at radius 2 is 1.91 bits per heavy atom. The molecule has 0 aromatic heterocycles. The van der Waals surface area contributed by atoms with Crippen LogP contribution >= 0.6 is 15.9 Å². The molecule has 3 aliphatic carbocycles. The Morgan fingerprint density at radius 1 is 1.22 bits per heavy atom. The number of carbonyl (C=O) groups excluding carboxylic acids is 1. The van der Waals surface area contributed by atoms with Crippen LogP contribution in [0.15, 0.2) is 40.9 Å². The summed E-state index contributed by atoms with van der Waals surface area (Å²) in [6.45, 7) is 0.356. The topological polar surface area (TPSA) is 66.4 Å². The average molecular weight is 376 g/mol. The predicted octanol–water partition coefficient (Wildman–Crippen LogP) is 3.12. The van der Waals surface area contributed by atoms with Crippen molar-refractivity contribution in [2.75, 3.05) is 0 Å². The molecule has 5 heteroatoms. The van der Waals surface area contributed by atoms with Gasteiger partial charge in [-0.25, -0.2) is 0 Å². The van der Waals surface area contributed by atoms with Crippen molar-refractivity contribution in [2.24, 2.45) is 22.7 Å². The molecule has 0 radical (unpaired) electrons. The minimum atomic E-state index is -1.29. The zero-order chi connectivity index (χ0) is 16.2. The summed E-state index contributed by atoms with van der Waals surface area (Å²) in [5.41, 5.74) is -0.263. The van der Waals surface area contributed by atoms with Gasteiger partial charge in [-0.2, -0.15) is 0 Å². The van der Waals surface area contributed by atoms with Gasteiger partial charge >= 0.3 is 5.97 Å². The number of carboxylic acid groups (broad SMARTS) is 1. The Labute approximate surface area is 143 Å². The van der Waals surface area contributed by atoms with E-state index in [-0.39, 0.29) is 23.2 Å². The zero-order valence-electron chi connectivity index (χ0n) is 12.6. The first kappa shape index (κ1) is 14.9. The second-order valence-electron chi connectivity index (χ2n) is 6.99. The highest BCUT2D eigenvalue weighted by molar-refractivity contribution is 9.10.